The lowest BCUT2D eigenvalue weighted by Crippen LogP contribution is -2.35. The van der Waals surface area contributed by atoms with E-state index in [1.165, 1.54) is 29.4 Å². The maximum atomic E-state index is 12.9. The fraction of sp³-hybridized carbons (Fsp3) is 0.226. The summed E-state index contributed by atoms with van der Waals surface area (Å²) in [7, 11) is 1.51. The standard InChI is InChI=1S/C31H29ClN4O4S/c1-5-20-12-19(3)13-23(14-20)39-10-11-40-27-25(32)16-21(17-26(27)38-4)15-24-28(33)36-31(34-29(24)37)41-30(35-36)22-8-6-18(2)7-9-22/h6-9,12-17,33H,5,10-11H2,1-4H3/b24-15-,33-28?. The monoisotopic (exact) mass is 588 g/mol. The second kappa shape index (κ2) is 12.2. The molecular weight excluding hydrogens is 560 g/mol. The van der Waals surface area contributed by atoms with Crippen molar-refractivity contribution in [3.8, 4) is 17.2 Å². The van der Waals surface area contributed by atoms with Crippen molar-refractivity contribution in [2.24, 2.45) is 10.1 Å². The summed E-state index contributed by atoms with van der Waals surface area (Å²) in [6.07, 6.45) is 2.49. The van der Waals surface area contributed by atoms with Gasteiger partial charge < -0.3 is 14.2 Å². The van der Waals surface area contributed by atoms with Gasteiger partial charge in [0.1, 0.15) is 24.0 Å². The number of halogens is 1. The molecule has 10 heteroatoms. The number of aliphatic imine (C=N–C) groups is 1. The number of nitrogens with one attached hydrogen (secondary N) is 1. The van der Waals surface area contributed by atoms with Crippen molar-refractivity contribution < 1.29 is 19.0 Å². The minimum absolute atomic E-state index is 0.0652. The summed E-state index contributed by atoms with van der Waals surface area (Å²) in [5, 5.41) is 15.9. The summed E-state index contributed by atoms with van der Waals surface area (Å²) in [5.41, 5.74) is 5.03. The summed E-state index contributed by atoms with van der Waals surface area (Å²) < 4.78 is 17.3. The van der Waals surface area contributed by atoms with Gasteiger partial charge in [0.25, 0.3) is 5.91 Å². The van der Waals surface area contributed by atoms with Gasteiger partial charge in [-0.15, -0.1) is 0 Å². The van der Waals surface area contributed by atoms with Crippen molar-refractivity contribution in [1.82, 2.24) is 5.01 Å². The molecule has 8 nitrogen and oxygen atoms in total. The van der Waals surface area contributed by atoms with Crippen LogP contribution in [0.2, 0.25) is 5.02 Å². The summed E-state index contributed by atoms with van der Waals surface area (Å²) >= 11 is 7.83. The van der Waals surface area contributed by atoms with Gasteiger partial charge in [-0.2, -0.15) is 15.1 Å². The number of hydrogen-bond donors (Lipinski definition) is 1. The normalized spacial score (nSPS) is 15.5. The Bertz CT molecular complexity index is 1620. The highest BCUT2D eigenvalue weighted by atomic mass is 35.5. The molecule has 0 fully saturated rings. The highest BCUT2D eigenvalue weighted by Gasteiger charge is 2.36. The van der Waals surface area contributed by atoms with E-state index in [1.807, 2.05) is 50.2 Å². The molecule has 0 unspecified atom stereocenters. The molecule has 0 saturated carbocycles. The van der Waals surface area contributed by atoms with Crippen molar-refractivity contribution in [3.05, 3.63) is 93.0 Å². The predicted molar refractivity (Wildman–Crippen MR) is 165 cm³/mol. The van der Waals surface area contributed by atoms with Crippen molar-refractivity contribution in [1.29, 1.82) is 5.41 Å². The minimum Gasteiger partial charge on any atom is -0.493 e. The van der Waals surface area contributed by atoms with Gasteiger partial charge in [0.05, 0.1) is 17.7 Å². The molecule has 2 aliphatic rings. The first-order valence-corrected chi connectivity index (χ1v) is 14.3. The van der Waals surface area contributed by atoms with Gasteiger partial charge in [0.15, 0.2) is 17.3 Å². The molecule has 3 aromatic rings. The van der Waals surface area contributed by atoms with Crippen molar-refractivity contribution in [2.75, 3.05) is 20.3 Å². The average molecular weight is 589 g/mol. The van der Waals surface area contributed by atoms with Gasteiger partial charge in [0.2, 0.25) is 5.17 Å². The number of rotatable bonds is 9. The number of hydrogen-bond acceptors (Lipinski definition) is 7. The van der Waals surface area contributed by atoms with Gasteiger partial charge in [-0.05, 0) is 79.1 Å². The molecule has 0 aromatic heterocycles. The van der Waals surface area contributed by atoms with E-state index in [-0.39, 0.29) is 18.0 Å². The van der Waals surface area contributed by atoms with Crippen LogP contribution in [0.1, 0.15) is 34.7 Å². The van der Waals surface area contributed by atoms with Crippen LogP contribution in [-0.4, -0.2) is 47.3 Å². The summed E-state index contributed by atoms with van der Waals surface area (Å²) in [6.45, 7) is 6.73. The zero-order valence-electron chi connectivity index (χ0n) is 23.2. The second-order valence-corrected chi connectivity index (χ2v) is 10.9. The van der Waals surface area contributed by atoms with Gasteiger partial charge in [-0.3, -0.25) is 10.2 Å². The third kappa shape index (κ3) is 6.31. The largest absolute Gasteiger partial charge is 0.493 e. The SMILES string of the molecule is CCc1cc(C)cc(OCCOc2c(Cl)cc(/C=C3/C(=N)N4N=C(c5ccc(C)cc5)SC4=NC3=O)cc2OC)c1. The maximum absolute atomic E-state index is 12.9. The number of carbonyl (C=O) groups is 1. The van der Waals surface area contributed by atoms with Crippen LogP contribution in [0.5, 0.6) is 17.2 Å². The predicted octanol–water partition coefficient (Wildman–Crippen LogP) is 6.65. The molecule has 0 spiro atoms. The van der Waals surface area contributed by atoms with Gasteiger partial charge in [-0.1, -0.05) is 54.4 Å². The van der Waals surface area contributed by atoms with Gasteiger partial charge in [-0.25, -0.2) is 0 Å². The first kappa shape index (κ1) is 28.4. The average Bonchev–Trinajstić information content (AvgIpc) is 3.38. The summed E-state index contributed by atoms with van der Waals surface area (Å²) in [4.78, 5) is 17.1. The van der Waals surface area contributed by atoms with Crippen LogP contribution in [-0.2, 0) is 11.2 Å². The Balaban J connectivity index is 1.30. The number of methoxy groups -OCH3 is 1. The minimum atomic E-state index is -0.524. The van der Waals surface area contributed by atoms with E-state index in [0.717, 1.165) is 28.9 Å². The zero-order chi connectivity index (χ0) is 29.1. The first-order valence-electron chi connectivity index (χ1n) is 13.1. The van der Waals surface area contributed by atoms with Gasteiger partial charge >= 0.3 is 0 Å². The van der Waals surface area contributed by atoms with Crippen LogP contribution in [0, 0.1) is 19.3 Å². The van der Waals surface area contributed by atoms with E-state index in [9.17, 15) is 4.79 Å². The number of ether oxygens (including phenoxy) is 3. The molecule has 0 radical (unpaired) electrons. The molecule has 0 aliphatic carbocycles. The lowest BCUT2D eigenvalue weighted by atomic mass is 10.1. The Morgan fingerprint density at radius 3 is 2.51 bits per heavy atom. The molecule has 2 aliphatic heterocycles. The Kier molecular flexibility index (Phi) is 8.46. The molecule has 0 saturated heterocycles. The van der Waals surface area contributed by atoms with Crippen LogP contribution in [0.25, 0.3) is 6.08 Å². The molecule has 1 amide bonds. The van der Waals surface area contributed by atoms with E-state index in [0.29, 0.717) is 38.9 Å². The number of fused-ring (bicyclic) bond motifs is 1. The molecule has 41 heavy (non-hydrogen) atoms. The smallest absolute Gasteiger partial charge is 0.283 e. The molecular formula is C31H29ClN4O4S. The molecule has 3 aromatic carbocycles. The van der Waals surface area contributed by atoms with Crippen LogP contribution < -0.4 is 14.2 Å². The number of benzene rings is 3. The Hall–Kier alpha value is -4.08. The number of amidine groups is 2. The van der Waals surface area contributed by atoms with Crippen LogP contribution >= 0.6 is 23.4 Å². The molecule has 0 atom stereocenters. The number of aryl methyl sites for hydroxylation is 3. The topological polar surface area (TPSA) is 96.6 Å². The molecule has 5 rings (SSSR count). The number of amides is 1. The summed E-state index contributed by atoms with van der Waals surface area (Å²) in [5.74, 6) is 0.965. The third-order valence-electron chi connectivity index (χ3n) is 6.43. The maximum Gasteiger partial charge on any atom is 0.283 e. The highest BCUT2D eigenvalue weighted by molar-refractivity contribution is 8.27. The first-order chi connectivity index (χ1) is 19.7. The summed E-state index contributed by atoms with van der Waals surface area (Å²) in [6, 6.07) is 17.4. The van der Waals surface area contributed by atoms with E-state index >= 15 is 0 Å². The Morgan fingerprint density at radius 1 is 1.02 bits per heavy atom. The van der Waals surface area contributed by atoms with Crippen LogP contribution in [0.4, 0.5) is 0 Å². The van der Waals surface area contributed by atoms with Crippen molar-refractivity contribution in [3.63, 3.8) is 0 Å². The van der Waals surface area contributed by atoms with Crippen molar-refractivity contribution >= 4 is 51.4 Å². The lowest BCUT2D eigenvalue weighted by Gasteiger charge is -2.20. The molecule has 0 bridgehead atoms. The Labute approximate surface area is 248 Å². The number of hydrazone groups is 1. The van der Waals surface area contributed by atoms with Crippen molar-refractivity contribution in [2.45, 2.75) is 27.2 Å². The van der Waals surface area contributed by atoms with E-state index < -0.39 is 5.91 Å². The fourth-order valence-electron chi connectivity index (χ4n) is 4.35. The number of carbonyl (C=O) groups excluding carboxylic acids is 1. The van der Waals surface area contributed by atoms with Gasteiger partial charge in [0, 0.05) is 5.56 Å². The number of thioether (sulfide) groups is 1. The highest BCUT2D eigenvalue weighted by Crippen LogP contribution is 2.38. The Morgan fingerprint density at radius 2 is 1.78 bits per heavy atom. The number of nitrogens with zero attached hydrogens (tertiary/aromatic N) is 3. The van der Waals surface area contributed by atoms with E-state index in [4.69, 9.17) is 31.2 Å². The van der Waals surface area contributed by atoms with E-state index in [2.05, 4.69) is 23.1 Å². The zero-order valence-corrected chi connectivity index (χ0v) is 24.7. The third-order valence-corrected chi connectivity index (χ3v) is 7.67. The van der Waals surface area contributed by atoms with E-state index in [1.54, 1.807) is 18.2 Å². The molecule has 210 valence electrons. The molecule has 2 heterocycles. The lowest BCUT2D eigenvalue weighted by molar-refractivity contribution is -0.114. The molecule has 1 N–H and O–H groups in total. The fourth-order valence-corrected chi connectivity index (χ4v) is 5.52. The quantitative estimate of drug-likeness (QED) is 0.222. The van der Waals surface area contributed by atoms with Crippen LogP contribution in [0.15, 0.2) is 70.3 Å². The second-order valence-electron chi connectivity index (χ2n) is 9.53. The van der Waals surface area contributed by atoms with Crippen LogP contribution in [0.3, 0.4) is 0 Å².